The highest BCUT2D eigenvalue weighted by molar-refractivity contribution is 6.30. The van der Waals surface area contributed by atoms with Crippen LogP contribution in [0.3, 0.4) is 0 Å². The first-order valence-corrected chi connectivity index (χ1v) is 5.90. The number of benzene rings is 1. The Kier molecular flexibility index (Phi) is 3.72. The fourth-order valence-electron chi connectivity index (χ4n) is 1.58. The highest BCUT2D eigenvalue weighted by atomic mass is 35.5. The van der Waals surface area contributed by atoms with Crippen molar-refractivity contribution >= 4 is 17.5 Å². The van der Waals surface area contributed by atoms with E-state index in [2.05, 4.69) is 15.0 Å². The van der Waals surface area contributed by atoms with Gasteiger partial charge in [-0.25, -0.2) is 9.37 Å². The first-order chi connectivity index (χ1) is 8.60. The third-order valence-corrected chi connectivity index (χ3v) is 2.73. The average molecular weight is 267 g/mol. The highest BCUT2D eigenvalue weighted by Crippen LogP contribution is 2.19. The predicted octanol–water partition coefficient (Wildman–Crippen LogP) is 2.40. The van der Waals surface area contributed by atoms with E-state index in [0.717, 1.165) is 0 Å². The van der Waals surface area contributed by atoms with Crippen LogP contribution < -0.4 is 5.73 Å². The molecule has 0 atom stereocenters. The predicted molar refractivity (Wildman–Crippen MR) is 67.8 cm³/mol. The standard InChI is InChI=1S/C12H12ClFN4/c1-2-9-16-10(18-12(15)17-9)6-7-4-3-5-8(13)11(7)14/h3-5H,2,6H2,1H3,(H2,15,16,17,18). The quantitative estimate of drug-likeness (QED) is 0.926. The van der Waals surface area contributed by atoms with E-state index in [4.69, 9.17) is 17.3 Å². The third kappa shape index (κ3) is 2.73. The molecule has 2 rings (SSSR count). The first-order valence-electron chi connectivity index (χ1n) is 5.52. The van der Waals surface area contributed by atoms with Crippen LogP contribution in [-0.4, -0.2) is 15.0 Å². The summed E-state index contributed by atoms with van der Waals surface area (Å²) in [6, 6.07) is 4.83. The van der Waals surface area contributed by atoms with Crippen LogP contribution in [0.2, 0.25) is 5.02 Å². The second kappa shape index (κ2) is 5.27. The van der Waals surface area contributed by atoms with Gasteiger partial charge in [0.1, 0.15) is 17.5 Å². The molecular weight excluding hydrogens is 255 g/mol. The van der Waals surface area contributed by atoms with Crippen LogP contribution >= 0.6 is 11.6 Å². The summed E-state index contributed by atoms with van der Waals surface area (Å²) in [4.78, 5) is 12.2. The lowest BCUT2D eigenvalue weighted by molar-refractivity contribution is 0.612. The number of aryl methyl sites for hydroxylation is 1. The van der Waals surface area contributed by atoms with Gasteiger partial charge in [-0.2, -0.15) is 9.97 Å². The van der Waals surface area contributed by atoms with E-state index in [0.29, 0.717) is 23.6 Å². The normalized spacial score (nSPS) is 10.6. The van der Waals surface area contributed by atoms with Gasteiger partial charge in [-0.3, -0.25) is 0 Å². The van der Waals surface area contributed by atoms with Gasteiger partial charge < -0.3 is 5.73 Å². The van der Waals surface area contributed by atoms with Gasteiger partial charge in [0, 0.05) is 12.8 Å². The number of aromatic nitrogens is 3. The highest BCUT2D eigenvalue weighted by Gasteiger charge is 2.10. The van der Waals surface area contributed by atoms with Crippen molar-refractivity contribution in [2.24, 2.45) is 0 Å². The Morgan fingerprint density at radius 2 is 1.94 bits per heavy atom. The molecule has 0 spiro atoms. The Balaban J connectivity index is 2.34. The Morgan fingerprint density at radius 3 is 2.67 bits per heavy atom. The summed E-state index contributed by atoms with van der Waals surface area (Å²) in [6.07, 6.45) is 0.893. The van der Waals surface area contributed by atoms with Crippen LogP contribution in [0.5, 0.6) is 0 Å². The van der Waals surface area contributed by atoms with E-state index in [-0.39, 0.29) is 17.4 Å². The van der Waals surface area contributed by atoms with Crippen molar-refractivity contribution in [3.63, 3.8) is 0 Å². The molecule has 0 unspecified atom stereocenters. The molecule has 0 saturated carbocycles. The summed E-state index contributed by atoms with van der Waals surface area (Å²) in [7, 11) is 0. The summed E-state index contributed by atoms with van der Waals surface area (Å²) >= 11 is 5.72. The molecule has 2 N–H and O–H groups in total. The number of hydrogen-bond donors (Lipinski definition) is 1. The molecular formula is C12H12ClFN4. The summed E-state index contributed by atoms with van der Waals surface area (Å²) in [5.41, 5.74) is 6.01. The number of nitrogen functional groups attached to an aromatic ring is 1. The fourth-order valence-corrected chi connectivity index (χ4v) is 1.78. The van der Waals surface area contributed by atoms with Crippen LogP contribution in [0.4, 0.5) is 10.3 Å². The van der Waals surface area contributed by atoms with Crippen molar-refractivity contribution in [1.82, 2.24) is 15.0 Å². The Morgan fingerprint density at radius 1 is 1.22 bits per heavy atom. The Bertz CT molecular complexity index is 574. The molecule has 0 radical (unpaired) electrons. The molecule has 18 heavy (non-hydrogen) atoms. The maximum absolute atomic E-state index is 13.7. The van der Waals surface area contributed by atoms with Crippen LogP contribution in [0.1, 0.15) is 24.1 Å². The molecule has 0 aliphatic rings. The van der Waals surface area contributed by atoms with Crippen molar-refractivity contribution in [2.45, 2.75) is 19.8 Å². The minimum Gasteiger partial charge on any atom is -0.368 e. The summed E-state index contributed by atoms with van der Waals surface area (Å²) in [6.45, 7) is 1.92. The van der Waals surface area contributed by atoms with E-state index in [9.17, 15) is 4.39 Å². The molecule has 0 saturated heterocycles. The largest absolute Gasteiger partial charge is 0.368 e. The topological polar surface area (TPSA) is 64.7 Å². The van der Waals surface area contributed by atoms with Crippen LogP contribution in [-0.2, 0) is 12.8 Å². The molecule has 1 heterocycles. The number of halogens is 2. The lowest BCUT2D eigenvalue weighted by Crippen LogP contribution is -2.08. The van der Waals surface area contributed by atoms with Gasteiger partial charge in [0.25, 0.3) is 0 Å². The lowest BCUT2D eigenvalue weighted by atomic mass is 10.1. The van der Waals surface area contributed by atoms with Gasteiger partial charge in [0.05, 0.1) is 5.02 Å². The zero-order chi connectivity index (χ0) is 13.1. The molecule has 94 valence electrons. The Labute approximate surface area is 109 Å². The van der Waals surface area contributed by atoms with Gasteiger partial charge in [-0.1, -0.05) is 30.7 Å². The fraction of sp³-hybridized carbons (Fsp3) is 0.250. The SMILES string of the molecule is CCc1nc(N)nc(Cc2cccc(Cl)c2F)n1. The molecule has 0 amide bonds. The molecule has 2 aromatic rings. The van der Waals surface area contributed by atoms with E-state index in [1.165, 1.54) is 6.07 Å². The second-order valence-electron chi connectivity index (χ2n) is 3.77. The maximum Gasteiger partial charge on any atom is 0.223 e. The van der Waals surface area contributed by atoms with Gasteiger partial charge in [-0.05, 0) is 11.6 Å². The summed E-state index contributed by atoms with van der Waals surface area (Å²) in [5.74, 6) is 0.746. The molecule has 0 aliphatic heterocycles. The van der Waals surface area contributed by atoms with Crippen molar-refractivity contribution < 1.29 is 4.39 Å². The number of nitrogens with two attached hydrogens (primary N) is 1. The van der Waals surface area contributed by atoms with E-state index < -0.39 is 5.82 Å². The molecule has 1 aromatic carbocycles. The van der Waals surface area contributed by atoms with Crippen molar-refractivity contribution in [1.29, 1.82) is 0 Å². The Hall–Kier alpha value is -1.75. The second-order valence-corrected chi connectivity index (χ2v) is 4.18. The zero-order valence-electron chi connectivity index (χ0n) is 9.82. The van der Waals surface area contributed by atoms with Gasteiger partial charge in [-0.15, -0.1) is 0 Å². The van der Waals surface area contributed by atoms with Crippen molar-refractivity contribution in [3.05, 3.63) is 46.3 Å². The number of nitrogens with zero attached hydrogens (tertiary/aromatic N) is 3. The number of hydrogen-bond acceptors (Lipinski definition) is 4. The minimum atomic E-state index is -0.448. The average Bonchev–Trinajstić information content (AvgIpc) is 2.34. The minimum absolute atomic E-state index is 0.0882. The van der Waals surface area contributed by atoms with E-state index in [1.54, 1.807) is 12.1 Å². The smallest absolute Gasteiger partial charge is 0.223 e. The van der Waals surface area contributed by atoms with Crippen LogP contribution in [0.15, 0.2) is 18.2 Å². The summed E-state index contributed by atoms with van der Waals surface area (Å²) in [5, 5.41) is 0.0882. The van der Waals surface area contributed by atoms with Crippen molar-refractivity contribution in [2.75, 3.05) is 5.73 Å². The molecule has 0 aliphatic carbocycles. The first kappa shape index (κ1) is 12.7. The van der Waals surface area contributed by atoms with Gasteiger partial charge in [0.15, 0.2) is 0 Å². The summed E-state index contributed by atoms with van der Waals surface area (Å²) < 4.78 is 13.7. The number of rotatable bonds is 3. The molecule has 1 aromatic heterocycles. The number of anilines is 1. The zero-order valence-corrected chi connectivity index (χ0v) is 10.6. The molecule has 0 bridgehead atoms. The van der Waals surface area contributed by atoms with Crippen LogP contribution in [0, 0.1) is 5.82 Å². The van der Waals surface area contributed by atoms with Crippen LogP contribution in [0.25, 0.3) is 0 Å². The molecule has 4 nitrogen and oxygen atoms in total. The van der Waals surface area contributed by atoms with E-state index >= 15 is 0 Å². The maximum atomic E-state index is 13.7. The molecule has 6 heteroatoms. The van der Waals surface area contributed by atoms with Crippen molar-refractivity contribution in [3.8, 4) is 0 Å². The van der Waals surface area contributed by atoms with E-state index in [1.807, 2.05) is 6.92 Å². The molecule has 0 fully saturated rings. The third-order valence-electron chi connectivity index (χ3n) is 2.44. The monoisotopic (exact) mass is 266 g/mol. The van der Waals surface area contributed by atoms with Gasteiger partial charge >= 0.3 is 0 Å². The van der Waals surface area contributed by atoms with Gasteiger partial charge in [0.2, 0.25) is 5.95 Å². The lowest BCUT2D eigenvalue weighted by Gasteiger charge is -2.05.